The van der Waals surface area contributed by atoms with Crippen molar-refractivity contribution in [2.45, 2.75) is 50.3 Å². The molecule has 1 fully saturated rings. The molecule has 30 heavy (non-hydrogen) atoms. The quantitative estimate of drug-likeness (QED) is 0.602. The van der Waals surface area contributed by atoms with Crippen LogP contribution in [-0.4, -0.2) is 41.9 Å². The van der Waals surface area contributed by atoms with Crippen LogP contribution in [0.15, 0.2) is 23.1 Å². The van der Waals surface area contributed by atoms with E-state index in [4.69, 9.17) is 23.2 Å². The van der Waals surface area contributed by atoms with Gasteiger partial charge < -0.3 is 5.32 Å². The Kier molecular flexibility index (Phi) is 7.73. The summed E-state index contributed by atoms with van der Waals surface area (Å²) in [4.78, 5) is 12.6. The summed E-state index contributed by atoms with van der Waals surface area (Å²) < 4.78 is 27.3. The van der Waals surface area contributed by atoms with E-state index in [1.807, 2.05) is 0 Å². The molecule has 3 rings (SSSR count). The maximum Gasteiger partial charge on any atom is 0.246 e. The van der Waals surface area contributed by atoms with Crippen LogP contribution < -0.4 is 5.32 Å². The smallest absolute Gasteiger partial charge is 0.246 e. The molecule has 2 heterocycles. The van der Waals surface area contributed by atoms with Gasteiger partial charge in [-0.15, -0.1) is 10.2 Å². The molecule has 1 saturated heterocycles. The van der Waals surface area contributed by atoms with Crippen LogP contribution in [0, 0.1) is 5.92 Å². The summed E-state index contributed by atoms with van der Waals surface area (Å²) in [6, 6.07) is 4.60. The van der Waals surface area contributed by atoms with Crippen LogP contribution in [0.4, 0.5) is 5.13 Å². The highest BCUT2D eigenvalue weighted by molar-refractivity contribution is 7.89. The number of carbonyl (C=O) groups excluding carboxylic acids is 1. The lowest BCUT2D eigenvalue weighted by atomic mass is 9.97. The summed E-state index contributed by atoms with van der Waals surface area (Å²) in [5.74, 6) is -0.105. The summed E-state index contributed by atoms with van der Waals surface area (Å²) in [6.07, 6.45) is 2.76. The van der Waals surface area contributed by atoms with E-state index in [9.17, 15) is 13.2 Å². The number of rotatable bonds is 7. The van der Waals surface area contributed by atoms with Gasteiger partial charge in [-0.25, -0.2) is 8.42 Å². The van der Waals surface area contributed by atoms with E-state index < -0.39 is 10.0 Å². The molecule has 1 N–H and O–H groups in total. The molecule has 7 nitrogen and oxygen atoms in total. The molecule has 164 valence electrons. The molecule has 0 saturated carbocycles. The first-order valence-corrected chi connectivity index (χ1v) is 12.9. The first-order valence-electron chi connectivity index (χ1n) is 9.86. The average Bonchev–Trinajstić information content (AvgIpc) is 3.17. The second-order valence-corrected chi connectivity index (χ2v) is 10.9. The van der Waals surface area contributed by atoms with Crippen LogP contribution in [-0.2, 0) is 14.8 Å². The van der Waals surface area contributed by atoms with E-state index in [2.05, 4.69) is 29.4 Å². The van der Waals surface area contributed by atoms with Gasteiger partial charge in [-0.05, 0) is 37.8 Å². The summed E-state index contributed by atoms with van der Waals surface area (Å²) >= 11 is 13.6. The van der Waals surface area contributed by atoms with Crippen molar-refractivity contribution in [1.82, 2.24) is 14.5 Å². The Balaban J connectivity index is 1.62. The third-order valence-corrected chi connectivity index (χ3v) is 9.20. The van der Waals surface area contributed by atoms with Gasteiger partial charge in [0.1, 0.15) is 9.90 Å². The fourth-order valence-corrected chi connectivity index (χ4v) is 7.09. The van der Waals surface area contributed by atoms with Crippen LogP contribution in [0.25, 0.3) is 0 Å². The largest absolute Gasteiger partial charge is 0.300 e. The van der Waals surface area contributed by atoms with E-state index in [-0.39, 0.29) is 39.9 Å². The molecule has 1 aliphatic rings. The molecule has 1 aliphatic heterocycles. The Morgan fingerprint density at radius 2 is 1.80 bits per heavy atom. The van der Waals surface area contributed by atoms with E-state index >= 15 is 0 Å². The number of amides is 1. The monoisotopic (exact) mass is 490 g/mol. The summed E-state index contributed by atoms with van der Waals surface area (Å²) in [5, 5.41) is 12.7. The minimum absolute atomic E-state index is 0.0842. The highest BCUT2D eigenvalue weighted by Crippen LogP contribution is 2.34. The SMILES string of the molecule is CCC(CC)c1nnc(NC(=O)C2CCN(S(=O)(=O)c3c(Cl)cccc3Cl)CC2)s1. The molecule has 11 heteroatoms. The molecule has 2 aromatic rings. The van der Waals surface area contributed by atoms with Crippen molar-refractivity contribution in [2.24, 2.45) is 5.92 Å². The Morgan fingerprint density at radius 1 is 1.20 bits per heavy atom. The van der Waals surface area contributed by atoms with E-state index in [1.165, 1.54) is 27.8 Å². The Labute approximate surface area is 190 Å². The number of nitrogens with one attached hydrogen (secondary N) is 1. The molecule has 1 amide bonds. The number of carbonyl (C=O) groups is 1. The molecule has 1 aromatic heterocycles. The number of nitrogens with zero attached hydrogens (tertiary/aromatic N) is 3. The molecule has 1 aromatic carbocycles. The third kappa shape index (κ3) is 4.96. The molecule has 0 radical (unpaired) electrons. The standard InChI is InChI=1S/C19H24Cl2N4O3S2/c1-3-12(4-2)18-23-24-19(29-18)22-17(26)13-8-10-25(11-9-13)30(27,28)16-14(20)6-5-7-15(16)21/h5-7,12-13H,3-4,8-11H2,1-2H3,(H,22,24,26). The second-order valence-electron chi connectivity index (χ2n) is 7.18. The fourth-order valence-electron chi connectivity index (χ4n) is 3.51. The normalized spacial score (nSPS) is 16.2. The van der Waals surface area contributed by atoms with Crippen molar-refractivity contribution in [2.75, 3.05) is 18.4 Å². The number of anilines is 1. The minimum Gasteiger partial charge on any atom is -0.300 e. The Morgan fingerprint density at radius 3 is 2.37 bits per heavy atom. The molecule has 0 aliphatic carbocycles. The van der Waals surface area contributed by atoms with Crippen molar-refractivity contribution >= 4 is 55.6 Å². The molecule has 0 spiro atoms. The van der Waals surface area contributed by atoms with Crippen LogP contribution in [0.1, 0.15) is 50.5 Å². The molecule has 0 unspecified atom stereocenters. The summed E-state index contributed by atoms with van der Waals surface area (Å²) in [6.45, 7) is 4.64. The van der Waals surface area contributed by atoms with Gasteiger partial charge in [0.15, 0.2) is 0 Å². The van der Waals surface area contributed by atoms with Crippen molar-refractivity contribution in [3.8, 4) is 0 Å². The number of hydrogen-bond donors (Lipinski definition) is 1. The third-order valence-electron chi connectivity index (χ3n) is 5.35. The molecule has 0 atom stereocenters. The van der Waals surface area contributed by atoms with Gasteiger partial charge in [0.2, 0.25) is 21.1 Å². The van der Waals surface area contributed by atoms with Gasteiger partial charge in [-0.2, -0.15) is 4.31 Å². The summed E-state index contributed by atoms with van der Waals surface area (Å²) in [5.41, 5.74) is 0. The van der Waals surface area contributed by atoms with Crippen molar-refractivity contribution < 1.29 is 13.2 Å². The highest BCUT2D eigenvalue weighted by atomic mass is 35.5. The zero-order valence-electron chi connectivity index (χ0n) is 16.8. The molecular weight excluding hydrogens is 467 g/mol. The zero-order chi connectivity index (χ0) is 21.9. The van der Waals surface area contributed by atoms with Gasteiger partial charge in [-0.3, -0.25) is 4.79 Å². The lowest BCUT2D eigenvalue weighted by molar-refractivity contribution is -0.120. The number of benzene rings is 1. The van der Waals surface area contributed by atoms with Gasteiger partial charge in [-0.1, -0.05) is 54.5 Å². The zero-order valence-corrected chi connectivity index (χ0v) is 19.9. The van der Waals surface area contributed by atoms with Gasteiger partial charge in [0.05, 0.1) is 10.0 Å². The first kappa shape index (κ1) is 23.4. The number of piperidine rings is 1. The Hall–Kier alpha value is -1.26. The molecular formula is C19H24Cl2N4O3S2. The van der Waals surface area contributed by atoms with Crippen molar-refractivity contribution in [3.05, 3.63) is 33.3 Å². The van der Waals surface area contributed by atoms with Crippen LogP contribution in [0.5, 0.6) is 0 Å². The number of sulfonamides is 1. The lowest BCUT2D eigenvalue weighted by Crippen LogP contribution is -2.41. The maximum atomic E-state index is 13.0. The van der Waals surface area contributed by atoms with Crippen LogP contribution in [0.2, 0.25) is 10.0 Å². The predicted molar refractivity (Wildman–Crippen MR) is 120 cm³/mol. The van der Waals surface area contributed by atoms with Crippen LogP contribution >= 0.6 is 34.5 Å². The average molecular weight is 491 g/mol. The lowest BCUT2D eigenvalue weighted by Gasteiger charge is -2.30. The van der Waals surface area contributed by atoms with E-state index in [0.29, 0.717) is 23.9 Å². The minimum atomic E-state index is -3.83. The number of aromatic nitrogens is 2. The van der Waals surface area contributed by atoms with E-state index in [1.54, 1.807) is 6.07 Å². The van der Waals surface area contributed by atoms with Gasteiger partial charge >= 0.3 is 0 Å². The maximum absolute atomic E-state index is 13.0. The Bertz CT molecular complexity index is 981. The van der Waals surface area contributed by atoms with Gasteiger partial charge in [0.25, 0.3) is 0 Å². The molecule has 0 bridgehead atoms. The number of halogens is 2. The van der Waals surface area contributed by atoms with Crippen molar-refractivity contribution in [1.29, 1.82) is 0 Å². The van der Waals surface area contributed by atoms with Gasteiger partial charge in [0, 0.05) is 24.9 Å². The summed E-state index contributed by atoms with van der Waals surface area (Å²) in [7, 11) is -3.83. The topological polar surface area (TPSA) is 92.3 Å². The second kappa shape index (κ2) is 9.91. The van der Waals surface area contributed by atoms with Crippen molar-refractivity contribution in [3.63, 3.8) is 0 Å². The first-order chi connectivity index (χ1) is 14.3. The number of hydrogen-bond acceptors (Lipinski definition) is 6. The van der Waals surface area contributed by atoms with Crippen LogP contribution in [0.3, 0.4) is 0 Å². The highest BCUT2D eigenvalue weighted by Gasteiger charge is 2.34. The predicted octanol–water partition coefficient (Wildman–Crippen LogP) is 4.79. The van der Waals surface area contributed by atoms with E-state index in [0.717, 1.165) is 17.8 Å². The fraction of sp³-hybridized carbons (Fsp3) is 0.526.